The van der Waals surface area contributed by atoms with E-state index in [1.54, 1.807) is 0 Å². The second-order valence-corrected chi connectivity index (χ2v) is 15.1. The van der Waals surface area contributed by atoms with Gasteiger partial charge in [-0.1, -0.05) is 127 Å². The molecule has 6 aromatic rings. The summed E-state index contributed by atoms with van der Waals surface area (Å²) < 4.78 is 20.7. The molecule has 0 spiro atoms. The van der Waals surface area contributed by atoms with Crippen molar-refractivity contribution in [2.75, 3.05) is 13.2 Å². The standard InChI is InChI=1S/C48H54O3/c1-3-5-7-9-11-13-23-37-41-29-33-19-15-17-21-35(33)31-43(41)39-25-27-49-45(39)47(37)51-48-38(24-14-12-10-8-6-4-2)42-30-34-20-16-18-22-36(34)32-44(42)40-26-28-50-46(40)48/h15-22,29-32H,3-14,23-28H2,1-2H3. The van der Waals surface area contributed by atoms with Crippen LogP contribution in [-0.4, -0.2) is 13.2 Å². The molecule has 0 N–H and O–H groups in total. The number of rotatable bonds is 16. The SMILES string of the molecule is CCCCCCCCc1c(Oc2c3c(c4cc5ccccc5cc4c2CCCCCCCC)CCO3)c2c(c3cc4ccccc4cc13)CCO2. The quantitative estimate of drug-likeness (QED) is 0.0753. The Morgan fingerprint density at radius 2 is 0.843 bits per heavy atom. The summed E-state index contributed by atoms with van der Waals surface area (Å²) in [5.74, 6) is 3.77. The van der Waals surface area contributed by atoms with Crippen LogP contribution >= 0.6 is 0 Å². The molecule has 8 rings (SSSR count). The van der Waals surface area contributed by atoms with Crippen molar-refractivity contribution in [1.29, 1.82) is 0 Å². The minimum Gasteiger partial charge on any atom is -0.489 e. The van der Waals surface area contributed by atoms with Gasteiger partial charge in [-0.2, -0.15) is 0 Å². The highest BCUT2D eigenvalue weighted by Crippen LogP contribution is 2.53. The number of hydrogen-bond donors (Lipinski definition) is 0. The monoisotopic (exact) mass is 678 g/mol. The van der Waals surface area contributed by atoms with E-state index in [0.717, 1.165) is 61.5 Å². The van der Waals surface area contributed by atoms with Crippen LogP contribution in [0.5, 0.6) is 23.0 Å². The van der Waals surface area contributed by atoms with Gasteiger partial charge in [0.1, 0.15) is 0 Å². The number of benzene rings is 6. The predicted octanol–water partition coefficient (Wildman–Crippen LogP) is 13.8. The summed E-state index contributed by atoms with van der Waals surface area (Å²) >= 11 is 0. The first kappa shape index (κ1) is 33.9. The first-order valence-corrected chi connectivity index (χ1v) is 20.2. The summed E-state index contributed by atoms with van der Waals surface area (Å²) in [7, 11) is 0. The third kappa shape index (κ3) is 6.77. The van der Waals surface area contributed by atoms with E-state index in [1.807, 2.05) is 0 Å². The first-order chi connectivity index (χ1) is 25.2. The molecule has 0 saturated heterocycles. The summed E-state index contributed by atoms with van der Waals surface area (Å²) in [5, 5.41) is 10.4. The molecule has 2 heterocycles. The molecule has 0 saturated carbocycles. The molecule has 3 nitrogen and oxygen atoms in total. The van der Waals surface area contributed by atoms with Crippen molar-refractivity contribution in [3.05, 3.63) is 95.1 Å². The molecule has 0 atom stereocenters. The maximum absolute atomic E-state index is 7.51. The molecule has 2 aliphatic rings. The summed E-state index contributed by atoms with van der Waals surface area (Å²) in [6.45, 7) is 5.97. The van der Waals surface area contributed by atoms with Gasteiger partial charge < -0.3 is 14.2 Å². The van der Waals surface area contributed by atoms with Crippen molar-refractivity contribution in [3.63, 3.8) is 0 Å². The molecular weight excluding hydrogens is 625 g/mol. The second kappa shape index (κ2) is 15.6. The van der Waals surface area contributed by atoms with E-state index in [9.17, 15) is 0 Å². The van der Waals surface area contributed by atoms with Crippen LogP contribution in [-0.2, 0) is 25.7 Å². The maximum Gasteiger partial charge on any atom is 0.173 e. The van der Waals surface area contributed by atoms with E-state index >= 15 is 0 Å². The topological polar surface area (TPSA) is 27.7 Å². The minimum atomic E-state index is 0.691. The highest BCUT2D eigenvalue weighted by molar-refractivity contribution is 6.05. The van der Waals surface area contributed by atoms with Crippen LogP contribution in [0.15, 0.2) is 72.8 Å². The number of ether oxygens (including phenoxy) is 3. The average Bonchev–Trinajstić information content (AvgIpc) is 3.86. The van der Waals surface area contributed by atoms with Crippen LogP contribution in [0.25, 0.3) is 43.1 Å². The molecule has 264 valence electrons. The lowest BCUT2D eigenvalue weighted by Gasteiger charge is -2.23. The molecule has 0 aromatic heterocycles. The molecular formula is C48H54O3. The van der Waals surface area contributed by atoms with Gasteiger partial charge in [0.2, 0.25) is 0 Å². The molecule has 6 aromatic carbocycles. The van der Waals surface area contributed by atoms with Crippen molar-refractivity contribution in [3.8, 4) is 23.0 Å². The van der Waals surface area contributed by atoms with E-state index in [2.05, 4.69) is 86.6 Å². The fourth-order valence-corrected chi connectivity index (χ4v) is 8.81. The number of unbranched alkanes of at least 4 members (excludes halogenated alkanes) is 10. The Balaban J connectivity index is 1.29. The van der Waals surface area contributed by atoms with Crippen molar-refractivity contribution >= 4 is 43.1 Å². The van der Waals surface area contributed by atoms with Crippen LogP contribution in [0.2, 0.25) is 0 Å². The second-order valence-electron chi connectivity index (χ2n) is 15.1. The Kier molecular flexibility index (Phi) is 10.3. The summed E-state index contributed by atoms with van der Waals surface area (Å²) in [6.07, 6.45) is 18.9. The van der Waals surface area contributed by atoms with Crippen LogP contribution in [0.3, 0.4) is 0 Å². The normalized spacial score (nSPS) is 13.6. The van der Waals surface area contributed by atoms with Gasteiger partial charge in [-0.3, -0.25) is 0 Å². The molecule has 0 fully saturated rings. The summed E-state index contributed by atoms with van der Waals surface area (Å²) in [5.41, 5.74) is 5.17. The van der Waals surface area contributed by atoms with Crippen molar-refractivity contribution in [1.82, 2.24) is 0 Å². The number of fused-ring (bicyclic) bond motifs is 8. The van der Waals surface area contributed by atoms with E-state index in [0.29, 0.717) is 13.2 Å². The molecule has 0 radical (unpaired) electrons. The van der Waals surface area contributed by atoms with Gasteiger partial charge >= 0.3 is 0 Å². The van der Waals surface area contributed by atoms with E-state index < -0.39 is 0 Å². The fourth-order valence-electron chi connectivity index (χ4n) is 8.81. The van der Waals surface area contributed by atoms with Gasteiger partial charge in [0, 0.05) is 35.1 Å². The molecule has 51 heavy (non-hydrogen) atoms. The van der Waals surface area contributed by atoms with Crippen molar-refractivity contribution in [2.45, 2.75) is 117 Å². The maximum atomic E-state index is 7.51. The van der Waals surface area contributed by atoms with Gasteiger partial charge in [0.25, 0.3) is 0 Å². The zero-order chi connectivity index (χ0) is 34.6. The van der Waals surface area contributed by atoms with Gasteiger partial charge in [-0.15, -0.1) is 0 Å². The lowest BCUT2D eigenvalue weighted by Crippen LogP contribution is -2.03. The van der Waals surface area contributed by atoms with Crippen molar-refractivity contribution in [2.24, 2.45) is 0 Å². The highest BCUT2D eigenvalue weighted by atomic mass is 16.5. The lowest BCUT2D eigenvalue weighted by molar-refractivity contribution is 0.319. The van der Waals surface area contributed by atoms with Gasteiger partial charge in [-0.05, 0) is 93.0 Å². The average molecular weight is 679 g/mol. The Bertz CT molecular complexity index is 2020. The number of hydrogen-bond acceptors (Lipinski definition) is 3. The summed E-state index contributed by atoms with van der Waals surface area (Å²) in [6, 6.07) is 27.2. The first-order valence-electron chi connectivity index (χ1n) is 20.2. The largest absolute Gasteiger partial charge is 0.489 e. The number of aryl methyl sites for hydroxylation is 2. The van der Waals surface area contributed by atoms with Crippen LogP contribution in [0, 0.1) is 0 Å². The van der Waals surface area contributed by atoms with Gasteiger partial charge in [0.15, 0.2) is 23.0 Å². The molecule has 0 aliphatic carbocycles. The van der Waals surface area contributed by atoms with Crippen LogP contribution in [0.1, 0.15) is 113 Å². The van der Waals surface area contributed by atoms with E-state index in [4.69, 9.17) is 14.2 Å². The van der Waals surface area contributed by atoms with Crippen LogP contribution < -0.4 is 14.2 Å². The Labute approximate surface area is 304 Å². The molecule has 0 unspecified atom stereocenters. The van der Waals surface area contributed by atoms with E-state index in [1.165, 1.54) is 130 Å². The Morgan fingerprint density at radius 3 is 1.25 bits per heavy atom. The summed E-state index contributed by atoms with van der Waals surface area (Å²) in [4.78, 5) is 0. The minimum absolute atomic E-state index is 0.691. The van der Waals surface area contributed by atoms with Crippen molar-refractivity contribution < 1.29 is 14.2 Å². The van der Waals surface area contributed by atoms with E-state index in [-0.39, 0.29) is 0 Å². The Morgan fingerprint density at radius 1 is 0.471 bits per heavy atom. The lowest BCUT2D eigenvalue weighted by atomic mass is 9.90. The van der Waals surface area contributed by atoms with Crippen LogP contribution in [0.4, 0.5) is 0 Å². The van der Waals surface area contributed by atoms with Gasteiger partial charge in [-0.25, -0.2) is 0 Å². The molecule has 0 bridgehead atoms. The zero-order valence-corrected chi connectivity index (χ0v) is 30.9. The third-order valence-electron chi connectivity index (χ3n) is 11.5. The predicted molar refractivity (Wildman–Crippen MR) is 216 cm³/mol. The Hall–Kier alpha value is -4.24. The smallest absolute Gasteiger partial charge is 0.173 e. The molecule has 0 amide bonds. The third-order valence-corrected chi connectivity index (χ3v) is 11.5. The molecule has 2 aliphatic heterocycles. The molecule has 3 heteroatoms. The van der Waals surface area contributed by atoms with Gasteiger partial charge in [0.05, 0.1) is 13.2 Å². The zero-order valence-electron chi connectivity index (χ0n) is 30.9. The highest BCUT2D eigenvalue weighted by Gasteiger charge is 2.31. The fraction of sp³-hybridized carbons (Fsp3) is 0.417.